The Balaban J connectivity index is 2.21. The van der Waals surface area contributed by atoms with E-state index in [-0.39, 0.29) is 6.04 Å². The first kappa shape index (κ1) is 12.9. The monoisotopic (exact) mass is 296 g/mol. The summed E-state index contributed by atoms with van der Waals surface area (Å²) >= 11 is 3.62. The molecule has 1 aliphatic rings. The summed E-state index contributed by atoms with van der Waals surface area (Å²) in [5.41, 5.74) is 8.40. The second kappa shape index (κ2) is 4.99. The van der Waals surface area contributed by atoms with Gasteiger partial charge in [-0.1, -0.05) is 35.8 Å². The molecule has 1 fully saturated rings. The van der Waals surface area contributed by atoms with Gasteiger partial charge in [0.25, 0.3) is 0 Å². The molecule has 2 rings (SSSR count). The minimum Gasteiger partial charge on any atom is -0.371 e. The van der Waals surface area contributed by atoms with Gasteiger partial charge in [-0.15, -0.1) is 0 Å². The van der Waals surface area contributed by atoms with Crippen molar-refractivity contribution in [3.05, 3.63) is 28.2 Å². The van der Waals surface area contributed by atoms with Gasteiger partial charge < -0.3 is 10.6 Å². The van der Waals surface area contributed by atoms with E-state index in [1.807, 2.05) is 6.92 Å². The molecule has 0 radical (unpaired) electrons. The molecule has 94 valence electrons. The summed E-state index contributed by atoms with van der Waals surface area (Å²) in [5.74, 6) is 1.56. The molecule has 0 amide bonds. The topological polar surface area (TPSA) is 29.3 Å². The Labute approximate surface area is 112 Å². The molecule has 2 nitrogen and oxygen atoms in total. The molecule has 0 bridgehead atoms. The van der Waals surface area contributed by atoms with Gasteiger partial charge in [0, 0.05) is 29.3 Å². The van der Waals surface area contributed by atoms with Crippen LogP contribution in [0.5, 0.6) is 0 Å². The Kier molecular flexibility index (Phi) is 3.79. The molecule has 1 saturated heterocycles. The zero-order valence-electron chi connectivity index (χ0n) is 10.8. The number of nitrogens with zero attached hydrogens (tertiary/aromatic N) is 1. The Hall–Kier alpha value is -0.540. The molecular formula is C14H21BrN2. The quantitative estimate of drug-likeness (QED) is 0.904. The molecule has 2 N–H and O–H groups in total. The number of anilines is 1. The van der Waals surface area contributed by atoms with Crippen molar-refractivity contribution in [2.24, 2.45) is 17.6 Å². The van der Waals surface area contributed by atoms with E-state index in [2.05, 4.69) is 52.9 Å². The molecule has 17 heavy (non-hydrogen) atoms. The molecule has 1 aromatic rings. The van der Waals surface area contributed by atoms with E-state index in [9.17, 15) is 0 Å². The van der Waals surface area contributed by atoms with Crippen LogP contribution in [0.15, 0.2) is 22.7 Å². The van der Waals surface area contributed by atoms with Crippen molar-refractivity contribution in [3.63, 3.8) is 0 Å². The molecule has 3 heteroatoms. The summed E-state index contributed by atoms with van der Waals surface area (Å²) in [7, 11) is 0. The maximum absolute atomic E-state index is 5.92. The average Bonchev–Trinajstić information content (AvgIpc) is 2.58. The Morgan fingerprint density at radius 1 is 1.29 bits per heavy atom. The lowest BCUT2D eigenvalue weighted by atomic mass is 10.0. The van der Waals surface area contributed by atoms with Crippen molar-refractivity contribution >= 4 is 21.6 Å². The minimum absolute atomic E-state index is 0.0786. The number of benzene rings is 1. The molecule has 0 aromatic heterocycles. The van der Waals surface area contributed by atoms with Gasteiger partial charge in [-0.2, -0.15) is 0 Å². The van der Waals surface area contributed by atoms with Crippen LogP contribution in [-0.4, -0.2) is 13.1 Å². The van der Waals surface area contributed by atoms with Gasteiger partial charge >= 0.3 is 0 Å². The normalized spacial score (nSPS) is 26.3. The standard InChI is InChI=1S/C14H21BrN2/c1-9-7-17(8-10(9)2)12-4-5-13(11(3)16)14(15)6-12/h4-6,9-11H,7-8,16H2,1-3H3/t9?,10?,11-/m1/s1. The Bertz CT molecular complexity index is 393. The first-order valence-electron chi connectivity index (χ1n) is 6.29. The van der Waals surface area contributed by atoms with Crippen LogP contribution in [-0.2, 0) is 0 Å². The number of halogens is 1. The molecule has 1 heterocycles. The molecule has 1 aromatic carbocycles. The van der Waals surface area contributed by atoms with E-state index in [0.717, 1.165) is 29.4 Å². The highest BCUT2D eigenvalue weighted by Crippen LogP contribution is 2.32. The summed E-state index contributed by atoms with van der Waals surface area (Å²) in [4.78, 5) is 2.46. The molecule has 1 aliphatic heterocycles. The van der Waals surface area contributed by atoms with Crippen molar-refractivity contribution in [2.45, 2.75) is 26.8 Å². The number of hydrogen-bond donors (Lipinski definition) is 1. The molecule has 2 unspecified atom stereocenters. The SMILES string of the molecule is CC1CN(c2ccc([C@@H](C)N)c(Br)c2)CC1C. The summed E-state index contributed by atoms with van der Waals surface area (Å²) < 4.78 is 1.12. The molecule has 3 atom stereocenters. The maximum Gasteiger partial charge on any atom is 0.0377 e. The van der Waals surface area contributed by atoms with Gasteiger partial charge in [0.2, 0.25) is 0 Å². The number of nitrogens with two attached hydrogens (primary N) is 1. The van der Waals surface area contributed by atoms with Crippen LogP contribution in [0, 0.1) is 11.8 Å². The van der Waals surface area contributed by atoms with E-state index < -0.39 is 0 Å². The molecular weight excluding hydrogens is 276 g/mol. The summed E-state index contributed by atoms with van der Waals surface area (Å²) in [6.45, 7) is 8.99. The Morgan fingerprint density at radius 3 is 2.35 bits per heavy atom. The van der Waals surface area contributed by atoms with E-state index in [1.54, 1.807) is 0 Å². The van der Waals surface area contributed by atoms with Gasteiger partial charge in [0.1, 0.15) is 0 Å². The fourth-order valence-corrected chi connectivity index (χ4v) is 3.15. The first-order chi connectivity index (χ1) is 7.99. The highest BCUT2D eigenvalue weighted by Gasteiger charge is 2.26. The van der Waals surface area contributed by atoms with Crippen molar-refractivity contribution in [1.82, 2.24) is 0 Å². The van der Waals surface area contributed by atoms with Crippen LogP contribution in [0.1, 0.15) is 32.4 Å². The third kappa shape index (κ3) is 2.66. The Morgan fingerprint density at radius 2 is 1.88 bits per heavy atom. The third-order valence-corrected chi connectivity index (χ3v) is 4.51. The van der Waals surface area contributed by atoms with Crippen LogP contribution < -0.4 is 10.6 Å². The second-order valence-electron chi connectivity index (χ2n) is 5.35. The van der Waals surface area contributed by atoms with Crippen LogP contribution in [0.3, 0.4) is 0 Å². The average molecular weight is 297 g/mol. The molecule has 0 aliphatic carbocycles. The van der Waals surface area contributed by atoms with E-state index in [4.69, 9.17) is 5.73 Å². The van der Waals surface area contributed by atoms with Crippen LogP contribution >= 0.6 is 15.9 Å². The minimum atomic E-state index is 0.0786. The van der Waals surface area contributed by atoms with E-state index in [1.165, 1.54) is 11.3 Å². The second-order valence-corrected chi connectivity index (χ2v) is 6.21. The smallest absolute Gasteiger partial charge is 0.0377 e. The van der Waals surface area contributed by atoms with Crippen LogP contribution in [0.25, 0.3) is 0 Å². The first-order valence-corrected chi connectivity index (χ1v) is 7.08. The van der Waals surface area contributed by atoms with Gasteiger partial charge in [-0.3, -0.25) is 0 Å². The molecule has 0 saturated carbocycles. The summed E-state index contributed by atoms with van der Waals surface area (Å²) in [6, 6.07) is 6.60. The predicted molar refractivity (Wildman–Crippen MR) is 77.3 cm³/mol. The zero-order valence-corrected chi connectivity index (χ0v) is 12.4. The number of hydrogen-bond acceptors (Lipinski definition) is 2. The van der Waals surface area contributed by atoms with Crippen LogP contribution in [0.2, 0.25) is 0 Å². The zero-order chi connectivity index (χ0) is 12.6. The van der Waals surface area contributed by atoms with Crippen molar-refractivity contribution < 1.29 is 0 Å². The van der Waals surface area contributed by atoms with Gasteiger partial charge in [0.15, 0.2) is 0 Å². The van der Waals surface area contributed by atoms with Crippen LogP contribution in [0.4, 0.5) is 5.69 Å². The van der Waals surface area contributed by atoms with Gasteiger partial charge in [-0.25, -0.2) is 0 Å². The van der Waals surface area contributed by atoms with E-state index in [0.29, 0.717) is 0 Å². The maximum atomic E-state index is 5.92. The van der Waals surface area contributed by atoms with Crippen molar-refractivity contribution in [2.75, 3.05) is 18.0 Å². The lowest BCUT2D eigenvalue weighted by Gasteiger charge is -2.20. The largest absolute Gasteiger partial charge is 0.371 e. The fraction of sp³-hybridized carbons (Fsp3) is 0.571. The predicted octanol–water partition coefficient (Wildman–Crippen LogP) is 3.56. The summed E-state index contributed by atoms with van der Waals surface area (Å²) in [6.07, 6.45) is 0. The van der Waals surface area contributed by atoms with Crippen molar-refractivity contribution in [3.8, 4) is 0 Å². The number of rotatable bonds is 2. The highest BCUT2D eigenvalue weighted by atomic mass is 79.9. The lowest BCUT2D eigenvalue weighted by Crippen LogP contribution is -2.19. The van der Waals surface area contributed by atoms with Gasteiger partial charge in [0.05, 0.1) is 0 Å². The molecule has 0 spiro atoms. The highest BCUT2D eigenvalue weighted by molar-refractivity contribution is 9.10. The fourth-order valence-electron chi connectivity index (χ4n) is 2.42. The summed E-state index contributed by atoms with van der Waals surface area (Å²) in [5, 5.41) is 0. The lowest BCUT2D eigenvalue weighted by molar-refractivity contribution is 0.494. The third-order valence-electron chi connectivity index (χ3n) is 3.83. The van der Waals surface area contributed by atoms with E-state index >= 15 is 0 Å². The van der Waals surface area contributed by atoms with Gasteiger partial charge in [-0.05, 0) is 36.5 Å². The van der Waals surface area contributed by atoms with Crippen molar-refractivity contribution in [1.29, 1.82) is 0 Å².